The molecule has 0 aromatic carbocycles. The highest BCUT2D eigenvalue weighted by Gasteiger charge is 2.16. The fraction of sp³-hybridized carbons (Fsp3) is 0.833. The lowest BCUT2D eigenvalue weighted by atomic mass is 10.7. The molecule has 11 heavy (non-hydrogen) atoms. The molecule has 0 rings (SSSR count). The summed E-state index contributed by atoms with van der Waals surface area (Å²) in [6.45, 7) is -0.0162. The summed E-state index contributed by atoms with van der Waals surface area (Å²) in [6, 6.07) is 0. The van der Waals surface area contributed by atoms with Gasteiger partial charge in [0, 0.05) is 0 Å². The number of hydrogen-bond acceptors (Lipinski definition) is 5. The zero-order valence-corrected chi connectivity index (χ0v) is 8.20. The molecule has 0 unspecified atom stereocenters. The van der Waals surface area contributed by atoms with Crippen LogP contribution in [0.3, 0.4) is 0 Å². The maximum absolute atomic E-state index is 11.0. The number of ether oxygens (including phenoxy) is 1. The van der Waals surface area contributed by atoms with Crippen LogP contribution in [0, 0.1) is 0 Å². The number of esters is 1. The predicted octanol–water partition coefficient (Wildman–Crippen LogP) is 0.574. The van der Waals surface area contributed by atoms with Gasteiger partial charge in [0.2, 0.25) is 0 Å². The molecule has 0 aromatic heterocycles. The van der Waals surface area contributed by atoms with Gasteiger partial charge >= 0.3 is 5.97 Å². The van der Waals surface area contributed by atoms with Crippen LogP contribution in [0.25, 0.3) is 0 Å². The Balaban J connectivity index is 3.61. The minimum Gasteiger partial charge on any atom is -0.462 e. The molecule has 0 aliphatic heterocycles. The number of thioether (sulfide) groups is 2. The van der Waals surface area contributed by atoms with E-state index in [1.165, 1.54) is 23.5 Å². The summed E-state index contributed by atoms with van der Waals surface area (Å²) in [5, 5.41) is 8.35. The second-order valence-electron chi connectivity index (χ2n) is 1.69. The molecule has 0 bridgehead atoms. The van der Waals surface area contributed by atoms with E-state index < -0.39 is 0 Å². The van der Waals surface area contributed by atoms with E-state index in [-0.39, 0.29) is 23.8 Å². The molecule has 0 atom stereocenters. The molecule has 0 fully saturated rings. The summed E-state index contributed by atoms with van der Waals surface area (Å²) in [5.74, 6) is -0.265. The third kappa shape index (κ3) is 4.55. The number of rotatable bonds is 5. The number of carbonyl (C=O) groups excluding carboxylic acids is 1. The monoisotopic (exact) mass is 196 g/mol. The van der Waals surface area contributed by atoms with E-state index in [0.717, 1.165) is 0 Å². The second-order valence-corrected chi connectivity index (χ2v) is 3.88. The van der Waals surface area contributed by atoms with E-state index in [4.69, 9.17) is 9.84 Å². The van der Waals surface area contributed by atoms with Crippen molar-refractivity contribution in [1.82, 2.24) is 0 Å². The maximum Gasteiger partial charge on any atom is 0.329 e. The summed E-state index contributed by atoms with van der Waals surface area (Å²) < 4.78 is 4.54. The van der Waals surface area contributed by atoms with Crippen molar-refractivity contribution in [2.24, 2.45) is 0 Å². The van der Waals surface area contributed by atoms with Gasteiger partial charge in [-0.15, -0.1) is 23.5 Å². The summed E-state index contributed by atoms with van der Waals surface area (Å²) >= 11 is 2.87. The van der Waals surface area contributed by atoms with Crippen LogP contribution in [-0.4, -0.2) is 41.4 Å². The Morgan fingerprint density at radius 1 is 1.55 bits per heavy atom. The number of aliphatic hydroxyl groups is 1. The third-order valence-corrected chi connectivity index (χ3v) is 3.35. The zero-order valence-electron chi connectivity index (χ0n) is 6.57. The molecule has 0 aromatic rings. The van der Waals surface area contributed by atoms with Crippen LogP contribution in [0.1, 0.15) is 0 Å². The van der Waals surface area contributed by atoms with Crippen molar-refractivity contribution in [2.75, 3.05) is 25.7 Å². The average molecular weight is 196 g/mol. The second kappa shape index (κ2) is 6.82. The smallest absolute Gasteiger partial charge is 0.329 e. The van der Waals surface area contributed by atoms with Crippen LogP contribution in [-0.2, 0) is 9.53 Å². The van der Waals surface area contributed by atoms with Gasteiger partial charge in [0.1, 0.15) is 11.2 Å². The van der Waals surface area contributed by atoms with E-state index in [9.17, 15) is 4.79 Å². The molecule has 0 radical (unpaired) electrons. The molecule has 1 N–H and O–H groups in total. The van der Waals surface area contributed by atoms with Gasteiger partial charge in [0.05, 0.1) is 6.61 Å². The van der Waals surface area contributed by atoms with E-state index in [0.29, 0.717) is 0 Å². The van der Waals surface area contributed by atoms with E-state index in [1.807, 2.05) is 12.5 Å². The Morgan fingerprint density at radius 3 is 2.45 bits per heavy atom. The Morgan fingerprint density at radius 2 is 2.09 bits per heavy atom. The molecule has 0 aliphatic rings. The fourth-order valence-corrected chi connectivity index (χ4v) is 1.79. The SMILES string of the molecule is CSC(SC)C(=O)OCCO. The first-order chi connectivity index (χ1) is 5.26. The van der Waals surface area contributed by atoms with E-state index in [1.54, 1.807) is 0 Å². The Hall–Kier alpha value is 0.130. The molecule has 0 amide bonds. The van der Waals surface area contributed by atoms with Crippen LogP contribution in [0.4, 0.5) is 0 Å². The number of carbonyl (C=O) groups is 1. The highest BCUT2D eigenvalue weighted by atomic mass is 32.2. The van der Waals surface area contributed by atoms with Crippen LogP contribution in [0.15, 0.2) is 0 Å². The molecule has 5 heteroatoms. The van der Waals surface area contributed by atoms with E-state index >= 15 is 0 Å². The van der Waals surface area contributed by atoms with Crippen LogP contribution < -0.4 is 0 Å². The van der Waals surface area contributed by atoms with Gasteiger partial charge in [-0.25, -0.2) is 4.79 Å². The quantitative estimate of drug-likeness (QED) is 0.514. The lowest BCUT2D eigenvalue weighted by molar-refractivity contribution is -0.142. The first kappa shape index (κ1) is 11.1. The molecule has 0 saturated carbocycles. The standard InChI is InChI=1S/C6H12O3S2/c1-10-6(11-2)5(8)9-4-3-7/h6-7H,3-4H2,1-2H3. The number of aliphatic hydroxyl groups excluding tert-OH is 1. The molecule has 0 saturated heterocycles. The van der Waals surface area contributed by atoms with Gasteiger partial charge in [-0.1, -0.05) is 0 Å². The molecular formula is C6H12O3S2. The zero-order chi connectivity index (χ0) is 8.69. The van der Waals surface area contributed by atoms with Gasteiger partial charge < -0.3 is 9.84 Å². The summed E-state index contributed by atoms with van der Waals surface area (Å²) in [6.07, 6.45) is 3.70. The van der Waals surface area contributed by atoms with Crippen molar-refractivity contribution < 1.29 is 14.6 Å². The largest absolute Gasteiger partial charge is 0.462 e. The Bertz CT molecular complexity index is 114. The first-order valence-corrected chi connectivity index (χ1v) is 5.67. The summed E-state index contributed by atoms with van der Waals surface area (Å²) in [7, 11) is 0. The molecule has 3 nitrogen and oxygen atoms in total. The molecule has 0 aliphatic carbocycles. The van der Waals surface area contributed by atoms with Crippen LogP contribution >= 0.6 is 23.5 Å². The highest BCUT2D eigenvalue weighted by Crippen LogP contribution is 2.19. The summed E-state index contributed by atoms with van der Waals surface area (Å²) in [4.78, 5) is 11.0. The topological polar surface area (TPSA) is 46.5 Å². The third-order valence-electron chi connectivity index (χ3n) is 0.956. The molecule has 66 valence electrons. The predicted molar refractivity (Wildman–Crippen MR) is 48.9 cm³/mol. The molecular weight excluding hydrogens is 184 g/mol. The van der Waals surface area contributed by atoms with Gasteiger partial charge in [-0.2, -0.15) is 0 Å². The first-order valence-electron chi connectivity index (χ1n) is 3.09. The summed E-state index contributed by atoms with van der Waals surface area (Å²) in [5.41, 5.74) is 0. The van der Waals surface area contributed by atoms with Crippen molar-refractivity contribution in [3.8, 4) is 0 Å². The van der Waals surface area contributed by atoms with Crippen molar-refractivity contribution in [3.63, 3.8) is 0 Å². The lowest BCUT2D eigenvalue weighted by Crippen LogP contribution is -2.18. The van der Waals surface area contributed by atoms with Crippen molar-refractivity contribution >= 4 is 29.5 Å². The minimum atomic E-state index is -0.265. The maximum atomic E-state index is 11.0. The molecule has 0 heterocycles. The minimum absolute atomic E-state index is 0.0937. The lowest BCUT2D eigenvalue weighted by Gasteiger charge is -2.09. The van der Waals surface area contributed by atoms with Crippen molar-refractivity contribution in [3.05, 3.63) is 0 Å². The van der Waals surface area contributed by atoms with Crippen LogP contribution in [0.2, 0.25) is 0 Å². The van der Waals surface area contributed by atoms with Crippen LogP contribution in [0.5, 0.6) is 0 Å². The average Bonchev–Trinajstić information content (AvgIpc) is 2.03. The normalized spacial score (nSPS) is 10.2. The highest BCUT2D eigenvalue weighted by molar-refractivity contribution is 8.17. The van der Waals surface area contributed by atoms with Gasteiger partial charge in [0.25, 0.3) is 0 Å². The van der Waals surface area contributed by atoms with Gasteiger partial charge in [-0.05, 0) is 12.5 Å². The number of hydrogen-bond donors (Lipinski definition) is 1. The fourth-order valence-electron chi connectivity index (χ4n) is 0.503. The van der Waals surface area contributed by atoms with Crippen molar-refractivity contribution in [2.45, 2.75) is 4.58 Å². The van der Waals surface area contributed by atoms with Gasteiger partial charge in [-0.3, -0.25) is 0 Å². The van der Waals surface area contributed by atoms with E-state index in [2.05, 4.69) is 0 Å². The molecule has 0 spiro atoms. The van der Waals surface area contributed by atoms with Crippen molar-refractivity contribution in [1.29, 1.82) is 0 Å². The van der Waals surface area contributed by atoms with Gasteiger partial charge in [0.15, 0.2) is 0 Å². The Kier molecular flexibility index (Phi) is 6.90. The Labute approximate surface area is 74.9 Å².